The van der Waals surface area contributed by atoms with Crippen molar-refractivity contribution >= 4 is 0 Å². The van der Waals surface area contributed by atoms with Crippen LogP contribution in [0.25, 0.3) is 11.4 Å². The minimum atomic E-state index is -0.968. The van der Waals surface area contributed by atoms with Crippen molar-refractivity contribution < 1.29 is 18.4 Å². The van der Waals surface area contributed by atoms with Gasteiger partial charge in [0.25, 0.3) is 0 Å². The highest BCUT2D eigenvalue weighted by Gasteiger charge is 2.12. The molecule has 2 aromatic rings. The zero-order chi connectivity index (χ0) is 12.4. The molecule has 1 heterocycles. The lowest BCUT2D eigenvalue weighted by Crippen LogP contribution is -2.04. The molecule has 1 N–H and O–H groups in total. The van der Waals surface area contributed by atoms with Gasteiger partial charge in [-0.3, -0.25) is 0 Å². The van der Waals surface area contributed by atoms with E-state index in [-0.39, 0.29) is 18.1 Å². The van der Waals surface area contributed by atoms with Crippen molar-refractivity contribution in [2.75, 3.05) is 0 Å². The summed E-state index contributed by atoms with van der Waals surface area (Å²) in [5, 5.41) is 12.8. The molecule has 0 fully saturated rings. The van der Waals surface area contributed by atoms with Gasteiger partial charge < -0.3 is 9.63 Å². The molecule has 0 amide bonds. The van der Waals surface area contributed by atoms with E-state index >= 15 is 0 Å². The normalized spacial score (nSPS) is 12.7. The Bertz CT molecular complexity index is 526. The summed E-state index contributed by atoms with van der Waals surface area (Å²) in [7, 11) is 0. The molecule has 0 aliphatic heterocycles. The Hall–Kier alpha value is -1.82. The molecule has 0 bridgehead atoms. The second kappa shape index (κ2) is 4.58. The topological polar surface area (TPSA) is 59.2 Å². The Balaban J connectivity index is 2.27. The van der Waals surface area contributed by atoms with E-state index in [0.29, 0.717) is 5.56 Å². The van der Waals surface area contributed by atoms with E-state index in [9.17, 15) is 8.78 Å². The molecule has 0 saturated heterocycles. The SMILES string of the molecule is CC(O)Cc1nc(-c2ccc(F)c(F)c2)no1. The fourth-order valence-electron chi connectivity index (χ4n) is 1.34. The summed E-state index contributed by atoms with van der Waals surface area (Å²) in [6.45, 7) is 1.58. The summed E-state index contributed by atoms with van der Waals surface area (Å²) in [4.78, 5) is 3.96. The van der Waals surface area contributed by atoms with Crippen molar-refractivity contribution in [3.63, 3.8) is 0 Å². The summed E-state index contributed by atoms with van der Waals surface area (Å²) < 4.78 is 30.6. The van der Waals surface area contributed by atoms with Gasteiger partial charge in [-0.1, -0.05) is 5.16 Å². The number of hydrogen-bond acceptors (Lipinski definition) is 4. The third kappa shape index (κ3) is 2.65. The largest absolute Gasteiger partial charge is 0.393 e. The van der Waals surface area contributed by atoms with Crippen LogP contribution in [0, 0.1) is 11.6 Å². The Labute approximate surface area is 95.9 Å². The highest BCUT2D eigenvalue weighted by atomic mass is 19.2. The van der Waals surface area contributed by atoms with E-state index < -0.39 is 17.7 Å². The number of aliphatic hydroxyl groups is 1. The summed E-state index contributed by atoms with van der Waals surface area (Å²) in [5.74, 6) is -1.48. The monoisotopic (exact) mass is 240 g/mol. The molecule has 1 aromatic heterocycles. The Kier molecular flexibility index (Phi) is 3.14. The molecule has 17 heavy (non-hydrogen) atoms. The first kappa shape index (κ1) is 11.7. The van der Waals surface area contributed by atoms with Gasteiger partial charge in [0.1, 0.15) is 0 Å². The Morgan fingerprint density at radius 3 is 2.76 bits per heavy atom. The maximum absolute atomic E-state index is 13.0. The van der Waals surface area contributed by atoms with Gasteiger partial charge in [0.15, 0.2) is 11.6 Å². The second-order valence-corrected chi connectivity index (χ2v) is 3.69. The predicted octanol–water partition coefficient (Wildman–Crippen LogP) is 1.94. The molecule has 0 saturated carbocycles. The number of aromatic nitrogens is 2. The van der Waals surface area contributed by atoms with Crippen molar-refractivity contribution in [3.05, 3.63) is 35.7 Å². The van der Waals surface area contributed by atoms with Crippen LogP contribution in [0.15, 0.2) is 22.7 Å². The van der Waals surface area contributed by atoms with Crippen LogP contribution in [-0.2, 0) is 6.42 Å². The molecule has 4 nitrogen and oxygen atoms in total. The molecule has 1 unspecified atom stereocenters. The van der Waals surface area contributed by atoms with Crippen LogP contribution in [0.2, 0.25) is 0 Å². The van der Waals surface area contributed by atoms with Crippen LogP contribution in [0.4, 0.5) is 8.78 Å². The van der Waals surface area contributed by atoms with Gasteiger partial charge in [-0.2, -0.15) is 4.98 Å². The van der Waals surface area contributed by atoms with Gasteiger partial charge in [-0.05, 0) is 25.1 Å². The maximum Gasteiger partial charge on any atom is 0.229 e. The average Bonchev–Trinajstić information content (AvgIpc) is 2.69. The lowest BCUT2D eigenvalue weighted by Gasteiger charge is -1.96. The highest BCUT2D eigenvalue weighted by Crippen LogP contribution is 2.18. The fraction of sp³-hybridized carbons (Fsp3) is 0.273. The van der Waals surface area contributed by atoms with Gasteiger partial charge in [0.05, 0.1) is 12.5 Å². The van der Waals surface area contributed by atoms with Crippen LogP contribution in [0.3, 0.4) is 0 Å². The molecule has 0 spiro atoms. The molecular formula is C11H10F2N2O2. The first-order valence-electron chi connectivity index (χ1n) is 5.02. The number of hydrogen-bond donors (Lipinski definition) is 1. The standard InChI is InChI=1S/C11H10F2N2O2/c1-6(16)4-10-14-11(15-17-10)7-2-3-8(12)9(13)5-7/h2-3,5-6,16H,4H2,1H3. The van der Waals surface area contributed by atoms with Crippen LogP contribution in [0.5, 0.6) is 0 Å². The molecule has 2 rings (SSSR count). The number of rotatable bonds is 3. The second-order valence-electron chi connectivity index (χ2n) is 3.69. The molecule has 0 radical (unpaired) electrons. The van der Waals surface area contributed by atoms with Crippen LogP contribution in [0.1, 0.15) is 12.8 Å². The Morgan fingerprint density at radius 1 is 1.35 bits per heavy atom. The summed E-state index contributed by atoms with van der Waals surface area (Å²) >= 11 is 0. The molecule has 90 valence electrons. The third-order valence-electron chi connectivity index (χ3n) is 2.12. The van der Waals surface area contributed by atoms with Crippen LogP contribution >= 0.6 is 0 Å². The van der Waals surface area contributed by atoms with Crippen LogP contribution in [-0.4, -0.2) is 21.4 Å². The van der Waals surface area contributed by atoms with E-state index in [0.717, 1.165) is 12.1 Å². The van der Waals surface area contributed by atoms with E-state index in [1.165, 1.54) is 6.07 Å². The Morgan fingerprint density at radius 2 is 2.12 bits per heavy atom. The molecule has 1 atom stereocenters. The van der Waals surface area contributed by atoms with E-state index in [2.05, 4.69) is 10.1 Å². The number of halogens is 2. The van der Waals surface area contributed by atoms with Crippen molar-refractivity contribution in [1.82, 2.24) is 10.1 Å². The lowest BCUT2D eigenvalue weighted by molar-refractivity contribution is 0.181. The van der Waals surface area contributed by atoms with Crippen molar-refractivity contribution in [2.45, 2.75) is 19.4 Å². The summed E-state index contributed by atoms with van der Waals surface area (Å²) in [6.07, 6.45) is -0.385. The quantitative estimate of drug-likeness (QED) is 0.890. The number of benzene rings is 1. The molecule has 0 aliphatic rings. The number of aliphatic hydroxyl groups excluding tert-OH is 1. The minimum absolute atomic E-state index is 0.166. The molecule has 6 heteroatoms. The first-order valence-corrected chi connectivity index (χ1v) is 5.02. The lowest BCUT2D eigenvalue weighted by atomic mass is 10.2. The third-order valence-corrected chi connectivity index (χ3v) is 2.12. The van der Waals surface area contributed by atoms with Crippen molar-refractivity contribution in [1.29, 1.82) is 0 Å². The molecular weight excluding hydrogens is 230 g/mol. The average molecular weight is 240 g/mol. The van der Waals surface area contributed by atoms with Gasteiger partial charge in [-0.25, -0.2) is 8.78 Å². The molecule has 0 aliphatic carbocycles. The maximum atomic E-state index is 13.0. The summed E-state index contributed by atoms with van der Waals surface area (Å²) in [6, 6.07) is 3.34. The molecule has 1 aromatic carbocycles. The van der Waals surface area contributed by atoms with E-state index in [1.807, 2.05) is 0 Å². The predicted molar refractivity (Wildman–Crippen MR) is 55.0 cm³/mol. The van der Waals surface area contributed by atoms with Crippen LogP contribution < -0.4 is 0 Å². The van der Waals surface area contributed by atoms with Gasteiger partial charge in [0.2, 0.25) is 11.7 Å². The van der Waals surface area contributed by atoms with Gasteiger partial charge in [0, 0.05) is 5.56 Å². The smallest absolute Gasteiger partial charge is 0.229 e. The fourth-order valence-corrected chi connectivity index (χ4v) is 1.34. The highest BCUT2D eigenvalue weighted by molar-refractivity contribution is 5.54. The number of nitrogens with zero attached hydrogens (tertiary/aromatic N) is 2. The zero-order valence-corrected chi connectivity index (χ0v) is 9.02. The first-order chi connectivity index (χ1) is 8.06. The summed E-state index contributed by atoms with van der Waals surface area (Å²) in [5.41, 5.74) is 0.324. The van der Waals surface area contributed by atoms with Crippen molar-refractivity contribution in [3.8, 4) is 11.4 Å². The minimum Gasteiger partial charge on any atom is -0.393 e. The van der Waals surface area contributed by atoms with E-state index in [1.54, 1.807) is 6.92 Å². The van der Waals surface area contributed by atoms with Crippen molar-refractivity contribution in [2.24, 2.45) is 0 Å². The van der Waals surface area contributed by atoms with Gasteiger partial charge in [-0.15, -0.1) is 0 Å². The zero-order valence-electron chi connectivity index (χ0n) is 9.02. The van der Waals surface area contributed by atoms with Gasteiger partial charge >= 0.3 is 0 Å². The van der Waals surface area contributed by atoms with E-state index in [4.69, 9.17) is 9.63 Å².